The van der Waals surface area contributed by atoms with Crippen molar-refractivity contribution in [3.8, 4) is 11.5 Å². The molecular weight excluding hydrogens is 449 g/mol. The van der Waals surface area contributed by atoms with Gasteiger partial charge in [0.15, 0.2) is 11.5 Å². The van der Waals surface area contributed by atoms with Gasteiger partial charge >= 0.3 is 0 Å². The summed E-state index contributed by atoms with van der Waals surface area (Å²) < 4.78 is 16.5. The summed E-state index contributed by atoms with van der Waals surface area (Å²) in [4.78, 5) is 14.8. The van der Waals surface area contributed by atoms with Crippen LogP contribution in [0.5, 0.6) is 11.5 Å². The molecule has 3 aromatic carbocycles. The van der Waals surface area contributed by atoms with E-state index in [-0.39, 0.29) is 19.3 Å². The minimum atomic E-state index is -0.0938. The predicted molar refractivity (Wildman–Crippen MR) is 124 cm³/mol. The topological polar surface area (TPSA) is 48.0 Å². The Morgan fingerprint density at radius 3 is 2.56 bits per heavy atom. The molecule has 1 heterocycles. The highest BCUT2D eigenvalue weighted by Crippen LogP contribution is 2.33. The minimum Gasteiger partial charge on any atom is -0.454 e. The first-order valence-corrected chi connectivity index (χ1v) is 11.1. The van der Waals surface area contributed by atoms with E-state index in [1.165, 1.54) is 0 Å². The summed E-state index contributed by atoms with van der Waals surface area (Å²) >= 11 is 12.3. The highest BCUT2D eigenvalue weighted by Gasteiger charge is 2.18. The zero-order valence-corrected chi connectivity index (χ0v) is 18.9. The number of fused-ring (bicyclic) bond motifs is 1. The van der Waals surface area contributed by atoms with Crippen molar-refractivity contribution in [2.45, 2.75) is 19.6 Å². The maximum atomic E-state index is 13.0. The molecule has 3 aromatic rings. The van der Waals surface area contributed by atoms with Crippen molar-refractivity contribution in [2.75, 3.05) is 19.9 Å². The van der Waals surface area contributed by atoms with Crippen LogP contribution in [0.25, 0.3) is 0 Å². The van der Waals surface area contributed by atoms with Crippen molar-refractivity contribution in [1.29, 1.82) is 0 Å². The van der Waals surface area contributed by atoms with Crippen molar-refractivity contribution in [3.63, 3.8) is 0 Å². The maximum Gasteiger partial charge on any atom is 0.248 e. The number of rotatable bonds is 9. The molecule has 0 spiro atoms. The van der Waals surface area contributed by atoms with Crippen LogP contribution in [0.1, 0.15) is 16.7 Å². The van der Waals surface area contributed by atoms with E-state index >= 15 is 0 Å². The van der Waals surface area contributed by atoms with Crippen molar-refractivity contribution < 1.29 is 19.0 Å². The van der Waals surface area contributed by atoms with Gasteiger partial charge in [-0.25, -0.2) is 0 Å². The number of amides is 1. The predicted octanol–water partition coefficient (Wildman–Crippen LogP) is 5.51. The largest absolute Gasteiger partial charge is 0.454 e. The number of benzene rings is 3. The third-order valence-electron chi connectivity index (χ3n) is 5.17. The Morgan fingerprint density at radius 2 is 1.75 bits per heavy atom. The molecule has 0 unspecified atom stereocenters. The molecule has 0 bridgehead atoms. The zero-order valence-electron chi connectivity index (χ0n) is 17.4. The average molecular weight is 472 g/mol. The SMILES string of the molecule is O=C(COCc1ccccc1)N(CCc1ccc(Cl)cc1Cl)Cc1ccc2c(c1)OCO2. The van der Waals surface area contributed by atoms with E-state index in [1.54, 1.807) is 17.0 Å². The van der Waals surface area contributed by atoms with Gasteiger partial charge in [-0.2, -0.15) is 0 Å². The molecule has 0 fully saturated rings. The number of hydrogen-bond donors (Lipinski definition) is 0. The van der Waals surface area contributed by atoms with Crippen LogP contribution in [0.4, 0.5) is 0 Å². The fourth-order valence-corrected chi connectivity index (χ4v) is 3.96. The van der Waals surface area contributed by atoms with E-state index in [4.69, 9.17) is 37.4 Å². The van der Waals surface area contributed by atoms with E-state index in [9.17, 15) is 4.79 Å². The molecule has 0 saturated heterocycles. The van der Waals surface area contributed by atoms with Gasteiger partial charge < -0.3 is 19.1 Å². The molecule has 0 N–H and O–H groups in total. The molecule has 0 aromatic heterocycles. The summed E-state index contributed by atoms with van der Waals surface area (Å²) in [5.74, 6) is 1.31. The highest BCUT2D eigenvalue weighted by molar-refractivity contribution is 6.35. The van der Waals surface area contributed by atoms with Gasteiger partial charge in [0, 0.05) is 23.1 Å². The molecule has 0 saturated carbocycles. The summed E-state index contributed by atoms with van der Waals surface area (Å²) in [7, 11) is 0. The number of ether oxygens (including phenoxy) is 3. The summed E-state index contributed by atoms with van der Waals surface area (Å²) in [6.07, 6.45) is 0.602. The molecule has 5 nitrogen and oxygen atoms in total. The summed E-state index contributed by atoms with van der Waals surface area (Å²) in [6.45, 7) is 1.50. The van der Waals surface area contributed by atoms with E-state index < -0.39 is 0 Å². The third-order valence-corrected chi connectivity index (χ3v) is 5.75. The van der Waals surface area contributed by atoms with Gasteiger partial charge in [-0.15, -0.1) is 0 Å². The van der Waals surface area contributed by atoms with Crippen LogP contribution in [0, 0.1) is 0 Å². The molecule has 4 rings (SSSR count). The first-order valence-electron chi connectivity index (χ1n) is 10.3. The molecule has 0 aliphatic carbocycles. The quantitative estimate of drug-likeness (QED) is 0.412. The lowest BCUT2D eigenvalue weighted by Crippen LogP contribution is -2.35. The molecule has 1 amide bonds. The third kappa shape index (κ3) is 5.94. The second-order valence-electron chi connectivity index (χ2n) is 7.47. The van der Waals surface area contributed by atoms with Crippen LogP contribution in [0.3, 0.4) is 0 Å². The lowest BCUT2D eigenvalue weighted by Gasteiger charge is -2.23. The molecule has 1 aliphatic rings. The van der Waals surface area contributed by atoms with E-state index in [0.717, 1.165) is 16.7 Å². The molecule has 1 aliphatic heterocycles. The van der Waals surface area contributed by atoms with Crippen LogP contribution in [-0.4, -0.2) is 30.8 Å². The van der Waals surface area contributed by atoms with Crippen LogP contribution < -0.4 is 9.47 Å². The Hall–Kier alpha value is -2.73. The van der Waals surface area contributed by atoms with Gasteiger partial charge in [0.05, 0.1) is 6.61 Å². The summed E-state index contributed by atoms with van der Waals surface area (Å²) in [6, 6.07) is 20.9. The fraction of sp³-hybridized carbons (Fsp3) is 0.240. The Labute approximate surface area is 197 Å². The smallest absolute Gasteiger partial charge is 0.248 e. The van der Waals surface area contributed by atoms with Crippen molar-refractivity contribution in [3.05, 3.63) is 93.5 Å². The lowest BCUT2D eigenvalue weighted by molar-refractivity contribution is -0.137. The minimum absolute atomic E-state index is 0.00615. The van der Waals surface area contributed by atoms with Crippen molar-refractivity contribution >= 4 is 29.1 Å². The first kappa shape index (κ1) is 22.5. The number of nitrogens with zero attached hydrogens (tertiary/aromatic N) is 1. The molecule has 0 atom stereocenters. The van der Waals surface area contributed by atoms with Crippen LogP contribution >= 0.6 is 23.2 Å². The average Bonchev–Trinajstić information content (AvgIpc) is 3.26. The van der Waals surface area contributed by atoms with Gasteiger partial charge in [-0.1, -0.05) is 65.7 Å². The molecule has 7 heteroatoms. The lowest BCUT2D eigenvalue weighted by atomic mass is 10.1. The van der Waals surface area contributed by atoms with Gasteiger partial charge in [0.1, 0.15) is 6.61 Å². The van der Waals surface area contributed by atoms with Crippen molar-refractivity contribution in [2.24, 2.45) is 0 Å². The Balaban J connectivity index is 1.42. The van der Waals surface area contributed by atoms with E-state index in [1.807, 2.05) is 54.6 Å². The Kier molecular flexibility index (Phi) is 7.53. The summed E-state index contributed by atoms with van der Waals surface area (Å²) in [5, 5.41) is 1.18. The number of halogens is 2. The first-order chi connectivity index (χ1) is 15.6. The molecular formula is C25H23Cl2NO4. The standard InChI is InChI=1S/C25H23Cl2NO4/c26-21-8-7-20(22(27)13-21)10-11-28(14-19-6-9-23-24(12-19)32-17-31-23)25(29)16-30-15-18-4-2-1-3-5-18/h1-9,12-13H,10-11,14-17H2. The second kappa shape index (κ2) is 10.7. The number of carbonyl (C=O) groups is 1. The molecule has 166 valence electrons. The molecule has 0 radical (unpaired) electrons. The Bertz CT molecular complexity index is 1070. The van der Waals surface area contributed by atoms with E-state index in [2.05, 4.69) is 0 Å². The van der Waals surface area contributed by atoms with Crippen molar-refractivity contribution in [1.82, 2.24) is 4.90 Å². The number of carbonyl (C=O) groups excluding carboxylic acids is 1. The van der Waals surface area contributed by atoms with Gasteiger partial charge in [0.2, 0.25) is 12.7 Å². The summed E-state index contributed by atoms with van der Waals surface area (Å²) in [5.41, 5.74) is 2.91. The van der Waals surface area contributed by atoms with Crippen LogP contribution in [0.2, 0.25) is 10.0 Å². The number of hydrogen-bond acceptors (Lipinski definition) is 4. The van der Waals surface area contributed by atoms with Gasteiger partial charge in [-0.05, 0) is 47.4 Å². The van der Waals surface area contributed by atoms with Crippen LogP contribution in [0.15, 0.2) is 66.7 Å². The van der Waals surface area contributed by atoms with E-state index in [0.29, 0.717) is 47.7 Å². The maximum absolute atomic E-state index is 13.0. The van der Waals surface area contributed by atoms with Gasteiger partial charge in [-0.3, -0.25) is 4.79 Å². The molecule has 32 heavy (non-hydrogen) atoms. The van der Waals surface area contributed by atoms with Gasteiger partial charge in [0.25, 0.3) is 0 Å². The zero-order chi connectivity index (χ0) is 22.3. The monoisotopic (exact) mass is 471 g/mol. The fourth-order valence-electron chi connectivity index (χ4n) is 3.45. The normalized spacial score (nSPS) is 12.1. The van der Waals surface area contributed by atoms with Crippen LogP contribution in [-0.2, 0) is 29.1 Å². The Morgan fingerprint density at radius 1 is 0.938 bits per heavy atom. The highest BCUT2D eigenvalue weighted by atomic mass is 35.5. The second-order valence-corrected chi connectivity index (χ2v) is 8.31.